The van der Waals surface area contributed by atoms with Crippen LogP contribution >= 0.6 is 0 Å². The Balaban J connectivity index is 2.06. The van der Waals surface area contributed by atoms with Crippen molar-refractivity contribution in [2.24, 2.45) is 0 Å². The molecule has 2 rings (SSSR count). The molecular weight excluding hydrogens is 338 g/mol. The first-order valence-corrected chi connectivity index (χ1v) is 7.81. The first kappa shape index (κ1) is 19.0. The SMILES string of the molecule is COc1ccc(C(=O)O[C@@H](C)C(=O)c2ccc(NC(C)=O)cc2)c(O)c1. The molecular formula is C19H19NO6. The van der Waals surface area contributed by atoms with Crippen LogP contribution in [0, 0.1) is 0 Å². The van der Waals surface area contributed by atoms with Gasteiger partial charge in [0.25, 0.3) is 0 Å². The van der Waals surface area contributed by atoms with Gasteiger partial charge in [0.2, 0.25) is 11.7 Å². The van der Waals surface area contributed by atoms with Crippen molar-refractivity contribution in [2.75, 3.05) is 12.4 Å². The second kappa shape index (κ2) is 8.15. The molecule has 1 atom stereocenters. The number of carbonyl (C=O) groups excluding carboxylic acids is 3. The van der Waals surface area contributed by atoms with Gasteiger partial charge in [0, 0.05) is 24.2 Å². The Hall–Kier alpha value is -3.35. The second-order valence-electron chi connectivity index (χ2n) is 5.55. The Morgan fingerprint density at radius 1 is 1.08 bits per heavy atom. The predicted octanol–water partition coefficient (Wildman–Crippen LogP) is 2.79. The van der Waals surface area contributed by atoms with Gasteiger partial charge in [0.05, 0.1) is 7.11 Å². The monoisotopic (exact) mass is 357 g/mol. The van der Waals surface area contributed by atoms with E-state index >= 15 is 0 Å². The number of rotatable bonds is 6. The van der Waals surface area contributed by atoms with Crippen molar-refractivity contribution in [3.05, 3.63) is 53.6 Å². The van der Waals surface area contributed by atoms with Gasteiger partial charge in [0.15, 0.2) is 6.10 Å². The van der Waals surface area contributed by atoms with Crippen molar-refractivity contribution in [3.8, 4) is 11.5 Å². The largest absolute Gasteiger partial charge is 0.507 e. The van der Waals surface area contributed by atoms with Crippen LogP contribution in [0.5, 0.6) is 11.5 Å². The number of hydrogen-bond donors (Lipinski definition) is 2. The number of Topliss-reactive ketones (excluding diaryl/α,β-unsaturated/α-hetero) is 1. The summed E-state index contributed by atoms with van der Waals surface area (Å²) in [4.78, 5) is 35.5. The fourth-order valence-corrected chi connectivity index (χ4v) is 2.24. The number of hydrogen-bond acceptors (Lipinski definition) is 6. The molecule has 0 radical (unpaired) electrons. The van der Waals surface area contributed by atoms with E-state index in [-0.39, 0.29) is 17.2 Å². The number of ketones is 1. The zero-order chi connectivity index (χ0) is 19.3. The number of ether oxygens (including phenoxy) is 2. The van der Waals surface area contributed by atoms with Gasteiger partial charge >= 0.3 is 5.97 Å². The maximum absolute atomic E-state index is 12.4. The molecule has 7 heteroatoms. The maximum atomic E-state index is 12.4. The molecule has 7 nitrogen and oxygen atoms in total. The molecule has 0 saturated carbocycles. The molecule has 0 aromatic heterocycles. The van der Waals surface area contributed by atoms with Crippen LogP contribution in [0.1, 0.15) is 34.6 Å². The zero-order valence-corrected chi connectivity index (χ0v) is 14.6. The van der Waals surface area contributed by atoms with E-state index in [0.29, 0.717) is 17.0 Å². The average Bonchev–Trinajstić information content (AvgIpc) is 2.60. The summed E-state index contributed by atoms with van der Waals surface area (Å²) in [7, 11) is 1.44. The lowest BCUT2D eigenvalue weighted by atomic mass is 10.1. The Labute approximate surface area is 150 Å². The summed E-state index contributed by atoms with van der Waals surface area (Å²) in [6, 6.07) is 10.4. The van der Waals surface area contributed by atoms with Crippen LogP contribution in [0.4, 0.5) is 5.69 Å². The van der Waals surface area contributed by atoms with Crippen LogP contribution in [-0.4, -0.2) is 36.0 Å². The molecule has 2 N–H and O–H groups in total. The van der Waals surface area contributed by atoms with Crippen molar-refractivity contribution < 1.29 is 29.0 Å². The van der Waals surface area contributed by atoms with Crippen molar-refractivity contribution in [3.63, 3.8) is 0 Å². The first-order chi connectivity index (χ1) is 12.3. The van der Waals surface area contributed by atoms with Crippen LogP contribution in [-0.2, 0) is 9.53 Å². The van der Waals surface area contributed by atoms with Crippen molar-refractivity contribution >= 4 is 23.3 Å². The topological polar surface area (TPSA) is 102 Å². The number of amides is 1. The zero-order valence-electron chi connectivity index (χ0n) is 14.6. The van der Waals surface area contributed by atoms with Crippen molar-refractivity contribution in [1.29, 1.82) is 0 Å². The van der Waals surface area contributed by atoms with Crippen molar-refractivity contribution in [1.82, 2.24) is 0 Å². The maximum Gasteiger partial charge on any atom is 0.342 e. The fourth-order valence-electron chi connectivity index (χ4n) is 2.24. The third-order valence-corrected chi connectivity index (χ3v) is 3.57. The van der Waals surface area contributed by atoms with Gasteiger partial charge in [0.1, 0.15) is 17.1 Å². The molecule has 1 amide bonds. The van der Waals surface area contributed by atoms with Gasteiger partial charge < -0.3 is 19.9 Å². The molecule has 2 aromatic rings. The minimum atomic E-state index is -1.05. The quantitative estimate of drug-likeness (QED) is 0.609. The number of benzene rings is 2. The standard InChI is InChI=1S/C19H19NO6/c1-11(18(23)13-4-6-14(7-5-13)20-12(2)21)26-19(24)16-9-8-15(25-3)10-17(16)22/h4-11,22H,1-3H3,(H,20,21)/t11-/m0/s1. The highest BCUT2D eigenvalue weighted by Gasteiger charge is 2.22. The van der Waals surface area contributed by atoms with Gasteiger partial charge in [-0.2, -0.15) is 0 Å². The van der Waals surface area contributed by atoms with E-state index in [9.17, 15) is 19.5 Å². The second-order valence-corrected chi connectivity index (χ2v) is 5.55. The van der Waals surface area contributed by atoms with Gasteiger partial charge in [-0.3, -0.25) is 9.59 Å². The lowest BCUT2D eigenvalue weighted by molar-refractivity contribution is -0.114. The van der Waals surface area contributed by atoms with Crippen LogP contribution < -0.4 is 10.1 Å². The minimum absolute atomic E-state index is 0.0635. The van der Waals surface area contributed by atoms with Crippen molar-refractivity contribution in [2.45, 2.75) is 20.0 Å². The minimum Gasteiger partial charge on any atom is -0.507 e. The summed E-state index contributed by atoms with van der Waals surface area (Å²) in [5, 5.41) is 12.5. The lowest BCUT2D eigenvalue weighted by Gasteiger charge is -2.13. The summed E-state index contributed by atoms with van der Waals surface area (Å²) >= 11 is 0. The van der Waals surface area contributed by atoms with Gasteiger partial charge in [-0.25, -0.2) is 4.79 Å². The Morgan fingerprint density at radius 3 is 2.27 bits per heavy atom. The summed E-state index contributed by atoms with van der Waals surface area (Å²) in [6.07, 6.45) is -1.05. The van der Waals surface area contributed by atoms with Gasteiger partial charge in [-0.05, 0) is 43.3 Å². The van der Waals surface area contributed by atoms with E-state index in [1.54, 1.807) is 12.1 Å². The third kappa shape index (κ3) is 4.60. The molecule has 0 unspecified atom stereocenters. The molecule has 136 valence electrons. The molecule has 0 heterocycles. The molecule has 26 heavy (non-hydrogen) atoms. The third-order valence-electron chi connectivity index (χ3n) is 3.57. The number of anilines is 1. The number of esters is 1. The van der Waals surface area contributed by atoms with E-state index in [1.807, 2.05) is 0 Å². The number of carbonyl (C=O) groups is 3. The highest BCUT2D eigenvalue weighted by Crippen LogP contribution is 2.24. The summed E-state index contributed by atoms with van der Waals surface area (Å²) in [5.74, 6) is -1.34. The van der Waals surface area contributed by atoms with Crippen LogP contribution in [0.15, 0.2) is 42.5 Å². The van der Waals surface area contributed by atoms with Gasteiger partial charge in [-0.15, -0.1) is 0 Å². The van der Waals surface area contributed by atoms with E-state index in [1.165, 1.54) is 51.3 Å². The van der Waals surface area contributed by atoms with Crippen LogP contribution in [0.2, 0.25) is 0 Å². The fraction of sp³-hybridized carbons (Fsp3) is 0.211. The first-order valence-electron chi connectivity index (χ1n) is 7.81. The highest BCUT2D eigenvalue weighted by atomic mass is 16.5. The summed E-state index contributed by atoms with van der Waals surface area (Å²) in [5.41, 5.74) is 0.826. The smallest absolute Gasteiger partial charge is 0.342 e. The number of aromatic hydroxyl groups is 1. The Bertz CT molecular complexity index is 828. The summed E-state index contributed by atoms with van der Waals surface area (Å²) < 4.78 is 10.1. The van der Waals surface area contributed by atoms with E-state index in [0.717, 1.165) is 0 Å². The number of methoxy groups -OCH3 is 1. The highest BCUT2D eigenvalue weighted by molar-refractivity contribution is 6.02. The van der Waals surface area contributed by atoms with Crippen LogP contribution in [0.3, 0.4) is 0 Å². The molecule has 0 aliphatic carbocycles. The number of phenols is 1. The molecule has 0 bridgehead atoms. The molecule has 2 aromatic carbocycles. The van der Waals surface area contributed by atoms with E-state index in [2.05, 4.69) is 5.32 Å². The Kier molecular flexibility index (Phi) is 5.95. The predicted molar refractivity (Wildman–Crippen MR) is 94.6 cm³/mol. The van der Waals surface area contributed by atoms with Crippen LogP contribution in [0.25, 0.3) is 0 Å². The molecule has 0 saturated heterocycles. The van der Waals surface area contributed by atoms with E-state index < -0.39 is 17.9 Å². The number of nitrogens with one attached hydrogen (secondary N) is 1. The number of phenolic OH excluding ortho intramolecular Hbond substituents is 1. The van der Waals surface area contributed by atoms with Gasteiger partial charge in [-0.1, -0.05) is 0 Å². The summed E-state index contributed by atoms with van der Waals surface area (Å²) in [6.45, 7) is 2.83. The normalized spacial score (nSPS) is 11.3. The average molecular weight is 357 g/mol. The molecule has 0 aliphatic rings. The molecule has 0 aliphatic heterocycles. The molecule has 0 spiro atoms. The molecule has 0 fully saturated rings. The lowest BCUT2D eigenvalue weighted by Crippen LogP contribution is -2.24. The Morgan fingerprint density at radius 2 is 1.73 bits per heavy atom. The van der Waals surface area contributed by atoms with E-state index in [4.69, 9.17) is 9.47 Å².